The summed E-state index contributed by atoms with van der Waals surface area (Å²) in [4.78, 5) is 0. The highest BCUT2D eigenvalue weighted by molar-refractivity contribution is 4.55. The molecule has 0 saturated heterocycles. The van der Waals surface area contributed by atoms with E-state index >= 15 is 0 Å². The number of nitrogens with one attached hydrogen (secondary N) is 1. The van der Waals surface area contributed by atoms with Crippen LogP contribution in [0.4, 0.5) is 0 Å². The Bertz CT molecular complexity index is 94.1. The molecule has 2 nitrogen and oxygen atoms in total. The summed E-state index contributed by atoms with van der Waals surface area (Å²) < 4.78 is 0. The van der Waals surface area contributed by atoms with Crippen LogP contribution in [0.1, 0.15) is 46.0 Å². The molecule has 0 bridgehead atoms. The number of nitrogens with two attached hydrogens (primary N) is 1. The predicted molar refractivity (Wildman–Crippen MR) is 59.8 cm³/mol. The Labute approximate surface area is 83.3 Å². The van der Waals surface area contributed by atoms with Crippen molar-refractivity contribution in [3.63, 3.8) is 0 Å². The molecule has 2 heteroatoms. The molecule has 0 rings (SSSR count). The second-order valence-electron chi connectivity index (χ2n) is 3.93. The largest absolute Gasteiger partial charge is 0.330 e. The van der Waals surface area contributed by atoms with Crippen LogP contribution >= 0.6 is 0 Å². The first-order valence-corrected chi connectivity index (χ1v) is 5.72. The van der Waals surface area contributed by atoms with E-state index in [0.717, 1.165) is 12.5 Å². The van der Waals surface area contributed by atoms with E-state index in [0.29, 0.717) is 0 Å². The van der Waals surface area contributed by atoms with Crippen molar-refractivity contribution in [1.29, 1.82) is 0 Å². The first-order valence-electron chi connectivity index (χ1n) is 5.72. The van der Waals surface area contributed by atoms with Crippen molar-refractivity contribution in [1.82, 2.24) is 5.32 Å². The van der Waals surface area contributed by atoms with Crippen LogP contribution in [0, 0.1) is 5.92 Å². The van der Waals surface area contributed by atoms with Gasteiger partial charge in [-0.25, -0.2) is 0 Å². The maximum atomic E-state index is 5.48. The minimum Gasteiger partial charge on any atom is -0.330 e. The summed E-state index contributed by atoms with van der Waals surface area (Å²) >= 11 is 0. The number of unbranched alkanes of at least 4 members (excludes halogenated alkanes) is 1. The van der Waals surface area contributed by atoms with Crippen LogP contribution in [0.15, 0.2) is 0 Å². The van der Waals surface area contributed by atoms with E-state index in [2.05, 4.69) is 19.2 Å². The van der Waals surface area contributed by atoms with Crippen molar-refractivity contribution >= 4 is 0 Å². The lowest BCUT2D eigenvalue weighted by Gasteiger charge is -2.09. The van der Waals surface area contributed by atoms with Crippen molar-refractivity contribution < 1.29 is 0 Å². The normalized spacial score (nSPS) is 13.2. The Kier molecular flexibility index (Phi) is 9.94. The van der Waals surface area contributed by atoms with Crippen molar-refractivity contribution in [3.8, 4) is 0 Å². The highest BCUT2D eigenvalue weighted by atomic mass is 14.8. The molecule has 0 radical (unpaired) electrons. The molecule has 0 spiro atoms. The van der Waals surface area contributed by atoms with Crippen molar-refractivity contribution in [2.45, 2.75) is 46.0 Å². The van der Waals surface area contributed by atoms with Gasteiger partial charge in [0.15, 0.2) is 0 Å². The first-order chi connectivity index (χ1) is 6.31. The van der Waals surface area contributed by atoms with E-state index in [1.807, 2.05) is 0 Å². The average molecular weight is 186 g/mol. The van der Waals surface area contributed by atoms with Crippen LogP contribution in [0.3, 0.4) is 0 Å². The van der Waals surface area contributed by atoms with Crippen molar-refractivity contribution in [2.24, 2.45) is 11.7 Å². The predicted octanol–water partition coefficient (Wildman–Crippen LogP) is 2.14. The number of rotatable bonds is 9. The van der Waals surface area contributed by atoms with Gasteiger partial charge >= 0.3 is 0 Å². The molecule has 0 fully saturated rings. The average Bonchev–Trinajstić information content (AvgIpc) is 2.11. The fourth-order valence-corrected chi connectivity index (χ4v) is 1.43. The fourth-order valence-electron chi connectivity index (χ4n) is 1.43. The van der Waals surface area contributed by atoms with Crippen LogP contribution in [-0.2, 0) is 0 Å². The zero-order chi connectivity index (χ0) is 9.94. The molecule has 0 saturated carbocycles. The zero-order valence-corrected chi connectivity index (χ0v) is 9.31. The number of hydrogen-bond acceptors (Lipinski definition) is 2. The lowest BCUT2D eigenvalue weighted by molar-refractivity contribution is 0.467. The van der Waals surface area contributed by atoms with E-state index in [1.165, 1.54) is 45.2 Å². The highest BCUT2D eigenvalue weighted by Gasteiger charge is 1.99. The molecular weight excluding hydrogens is 160 g/mol. The summed E-state index contributed by atoms with van der Waals surface area (Å²) in [5, 5.41) is 3.45. The van der Waals surface area contributed by atoms with Crippen LogP contribution < -0.4 is 11.1 Å². The lowest BCUT2D eigenvalue weighted by Crippen LogP contribution is -2.17. The van der Waals surface area contributed by atoms with Gasteiger partial charge in [-0.3, -0.25) is 0 Å². The quantitative estimate of drug-likeness (QED) is 0.541. The van der Waals surface area contributed by atoms with Gasteiger partial charge in [0, 0.05) is 0 Å². The minimum absolute atomic E-state index is 0.804. The molecule has 0 aromatic heterocycles. The van der Waals surface area contributed by atoms with Crippen molar-refractivity contribution in [3.05, 3.63) is 0 Å². The third kappa shape index (κ3) is 9.84. The summed E-state index contributed by atoms with van der Waals surface area (Å²) in [6, 6.07) is 0. The van der Waals surface area contributed by atoms with Gasteiger partial charge in [-0.1, -0.05) is 20.3 Å². The second kappa shape index (κ2) is 10.0. The van der Waals surface area contributed by atoms with E-state index in [4.69, 9.17) is 5.73 Å². The van der Waals surface area contributed by atoms with Crippen LogP contribution in [0.25, 0.3) is 0 Å². The summed E-state index contributed by atoms with van der Waals surface area (Å²) in [5.74, 6) is 0.804. The second-order valence-corrected chi connectivity index (χ2v) is 3.93. The van der Waals surface area contributed by atoms with Crippen LogP contribution in [0.5, 0.6) is 0 Å². The first kappa shape index (κ1) is 12.9. The standard InChI is InChI=1S/C11H26N2/c1-3-4-9-13-10-5-6-11(2)7-8-12/h11,13H,3-10,12H2,1-2H3. The molecule has 1 unspecified atom stereocenters. The maximum absolute atomic E-state index is 5.48. The van der Waals surface area contributed by atoms with E-state index < -0.39 is 0 Å². The highest BCUT2D eigenvalue weighted by Crippen LogP contribution is 2.07. The summed E-state index contributed by atoms with van der Waals surface area (Å²) in [5.41, 5.74) is 5.48. The van der Waals surface area contributed by atoms with Gasteiger partial charge in [0.25, 0.3) is 0 Å². The molecule has 3 N–H and O–H groups in total. The molecule has 0 aromatic rings. The number of hydrogen-bond donors (Lipinski definition) is 2. The van der Waals surface area contributed by atoms with Gasteiger partial charge in [-0.05, 0) is 51.2 Å². The van der Waals surface area contributed by atoms with Gasteiger partial charge in [-0.2, -0.15) is 0 Å². The summed E-state index contributed by atoms with van der Waals surface area (Å²) in [6.07, 6.45) is 6.38. The van der Waals surface area contributed by atoms with Gasteiger partial charge < -0.3 is 11.1 Å². The molecule has 0 heterocycles. The Balaban J connectivity index is 2.97. The van der Waals surface area contributed by atoms with Crippen LogP contribution in [-0.4, -0.2) is 19.6 Å². The zero-order valence-electron chi connectivity index (χ0n) is 9.31. The third-order valence-corrected chi connectivity index (χ3v) is 2.42. The molecule has 13 heavy (non-hydrogen) atoms. The van der Waals surface area contributed by atoms with E-state index in [-0.39, 0.29) is 0 Å². The Morgan fingerprint density at radius 2 is 1.85 bits per heavy atom. The van der Waals surface area contributed by atoms with E-state index in [1.54, 1.807) is 0 Å². The lowest BCUT2D eigenvalue weighted by atomic mass is 10.0. The van der Waals surface area contributed by atoms with Gasteiger partial charge in [-0.15, -0.1) is 0 Å². The minimum atomic E-state index is 0.804. The van der Waals surface area contributed by atoms with Gasteiger partial charge in [0.05, 0.1) is 0 Å². The van der Waals surface area contributed by atoms with Gasteiger partial charge in [0.1, 0.15) is 0 Å². The smallest absolute Gasteiger partial charge is 0.00488 e. The van der Waals surface area contributed by atoms with Crippen LogP contribution in [0.2, 0.25) is 0 Å². The topological polar surface area (TPSA) is 38.0 Å². The molecule has 0 amide bonds. The molecular formula is C11H26N2. The monoisotopic (exact) mass is 186 g/mol. The third-order valence-electron chi connectivity index (χ3n) is 2.42. The molecule has 0 aliphatic heterocycles. The Hall–Kier alpha value is -0.0800. The molecule has 1 atom stereocenters. The molecule has 0 aromatic carbocycles. The summed E-state index contributed by atoms with van der Waals surface area (Å²) in [7, 11) is 0. The fraction of sp³-hybridized carbons (Fsp3) is 1.00. The molecule has 80 valence electrons. The summed E-state index contributed by atoms with van der Waals surface area (Å²) in [6.45, 7) is 7.71. The van der Waals surface area contributed by atoms with E-state index in [9.17, 15) is 0 Å². The Morgan fingerprint density at radius 3 is 2.46 bits per heavy atom. The Morgan fingerprint density at radius 1 is 1.15 bits per heavy atom. The van der Waals surface area contributed by atoms with Gasteiger partial charge in [0.2, 0.25) is 0 Å². The maximum Gasteiger partial charge on any atom is -0.00488 e. The molecule has 0 aliphatic carbocycles. The SMILES string of the molecule is CCCCNCCCC(C)CCN. The van der Waals surface area contributed by atoms with Crippen molar-refractivity contribution in [2.75, 3.05) is 19.6 Å². The molecule has 0 aliphatic rings.